The molecule has 0 aliphatic rings. The largest absolute Gasteiger partial charge is 0.460 e. The fraction of sp³-hybridized carbons (Fsp3) is 0.400. The molecule has 0 radical (unpaired) electrons. The van der Waals surface area contributed by atoms with E-state index in [0.717, 1.165) is 12.1 Å². The van der Waals surface area contributed by atoms with E-state index in [4.69, 9.17) is 5.73 Å². The number of benzene rings is 1. The normalized spacial score (nSPS) is 14.4. The van der Waals surface area contributed by atoms with E-state index in [1.165, 1.54) is 0 Å². The molecule has 1 rings (SSSR count). The van der Waals surface area contributed by atoms with E-state index in [2.05, 4.69) is 0 Å². The maximum atomic E-state index is 13.4. The summed E-state index contributed by atoms with van der Waals surface area (Å²) < 4.78 is 114. The van der Waals surface area contributed by atoms with Crippen molar-refractivity contribution in [2.24, 2.45) is 0 Å². The van der Waals surface area contributed by atoms with Crippen molar-refractivity contribution in [1.29, 1.82) is 0 Å². The van der Waals surface area contributed by atoms with Crippen LogP contribution in [0.5, 0.6) is 0 Å². The van der Waals surface area contributed by atoms with Crippen molar-refractivity contribution in [3.8, 4) is 0 Å². The number of halogens is 9. The van der Waals surface area contributed by atoms with E-state index in [1.807, 2.05) is 0 Å². The lowest BCUT2D eigenvalue weighted by molar-refractivity contribution is -0.399. The van der Waals surface area contributed by atoms with Gasteiger partial charge in [0.05, 0.1) is 0 Å². The first-order chi connectivity index (χ1) is 8.75. The molecule has 1 aromatic rings. The summed E-state index contributed by atoms with van der Waals surface area (Å²) in [6, 6.07) is 2.16. The van der Waals surface area contributed by atoms with Crippen LogP contribution in [-0.2, 0) is 5.92 Å². The molecule has 1 aromatic carbocycles. The van der Waals surface area contributed by atoms with Gasteiger partial charge in [-0.1, -0.05) is 12.1 Å². The Morgan fingerprint density at radius 1 is 0.750 bits per heavy atom. The number of nitrogens with two attached hydrogens (primary N) is 1. The van der Waals surface area contributed by atoms with Gasteiger partial charge in [-0.15, -0.1) is 0 Å². The minimum absolute atomic E-state index is 0.195. The smallest absolute Gasteiger partial charge is 0.399 e. The molecular weight excluding hydrogens is 305 g/mol. The minimum Gasteiger partial charge on any atom is -0.399 e. The molecule has 0 unspecified atom stereocenters. The molecule has 114 valence electrons. The molecule has 0 aromatic heterocycles. The maximum Gasteiger partial charge on any atom is 0.460 e. The topological polar surface area (TPSA) is 26.0 Å². The zero-order valence-corrected chi connectivity index (χ0v) is 9.29. The van der Waals surface area contributed by atoms with Crippen molar-refractivity contribution in [3.05, 3.63) is 29.8 Å². The Morgan fingerprint density at radius 2 is 1.25 bits per heavy atom. The van der Waals surface area contributed by atoms with Gasteiger partial charge in [-0.2, -0.15) is 39.5 Å². The summed E-state index contributed by atoms with van der Waals surface area (Å²) in [5, 5.41) is 0. The van der Waals surface area contributed by atoms with E-state index in [1.54, 1.807) is 0 Å². The highest BCUT2D eigenvalue weighted by atomic mass is 19.4. The van der Waals surface area contributed by atoms with Gasteiger partial charge in [-0.3, -0.25) is 0 Å². The third-order valence-electron chi connectivity index (χ3n) is 2.39. The highest BCUT2D eigenvalue weighted by Crippen LogP contribution is 2.56. The molecule has 0 saturated carbocycles. The lowest BCUT2D eigenvalue weighted by atomic mass is 9.96. The molecule has 0 heterocycles. The molecule has 0 saturated heterocycles. The SMILES string of the molecule is Nc1cccc(C(F)(F)C(F)(F)C(F)(F)C(F)(F)F)c1. The van der Waals surface area contributed by atoms with Crippen LogP contribution in [0.15, 0.2) is 24.3 Å². The first-order valence-electron chi connectivity index (χ1n) is 4.81. The number of alkyl halides is 9. The Balaban J connectivity index is 3.39. The average molecular weight is 311 g/mol. The van der Waals surface area contributed by atoms with Crippen molar-refractivity contribution >= 4 is 5.69 Å². The molecule has 1 nitrogen and oxygen atoms in total. The second kappa shape index (κ2) is 4.45. The Morgan fingerprint density at radius 3 is 1.65 bits per heavy atom. The molecule has 0 bridgehead atoms. The number of hydrogen-bond donors (Lipinski definition) is 1. The van der Waals surface area contributed by atoms with Crippen LogP contribution in [0.2, 0.25) is 0 Å². The molecule has 10 heteroatoms. The van der Waals surface area contributed by atoms with Crippen LogP contribution in [0.1, 0.15) is 5.56 Å². The standard InChI is InChI=1S/C10H6F9N/c11-7(12,5-2-1-3-6(20)4-5)8(13,14)9(15,16)10(17,18)19/h1-4H,20H2. The molecule has 0 atom stereocenters. The van der Waals surface area contributed by atoms with Crippen LogP contribution in [-0.4, -0.2) is 18.0 Å². The summed E-state index contributed by atoms with van der Waals surface area (Å²) in [5.41, 5.74) is 2.77. The predicted molar refractivity (Wildman–Crippen MR) is 50.7 cm³/mol. The number of rotatable bonds is 3. The Labute approximate surface area is 106 Å². The zero-order chi connectivity index (χ0) is 16.0. The monoisotopic (exact) mass is 311 g/mol. The summed E-state index contributed by atoms with van der Waals surface area (Å²) in [7, 11) is 0. The van der Waals surface area contributed by atoms with Crippen LogP contribution < -0.4 is 5.73 Å². The molecule has 0 fully saturated rings. The van der Waals surface area contributed by atoms with Crippen molar-refractivity contribution in [2.45, 2.75) is 23.9 Å². The van der Waals surface area contributed by atoms with Crippen LogP contribution in [0.4, 0.5) is 45.2 Å². The molecule has 20 heavy (non-hydrogen) atoms. The number of nitrogen functional groups attached to an aromatic ring is 1. The van der Waals surface area contributed by atoms with Gasteiger partial charge in [0, 0.05) is 11.3 Å². The summed E-state index contributed by atoms with van der Waals surface area (Å²) in [4.78, 5) is 0. The Bertz CT molecular complexity index is 492. The molecule has 0 spiro atoms. The third-order valence-corrected chi connectivity index (χ3v) is 2.39. The van der Waals surface area contributed by atoms with E-state index in [0.29, 0.717) is 0 Å². The first kappa shape index (κ1) is 16.4. The Hall–Kier alpha value is -1.61. The maximum absolute atomic E-state index is 13.4. The average Bonchev–Trinajstić information content (AvgIpc) is 2.26. The van der Waals surface area contributed by atoms with Gasteiger partial charge < -0.3 is 5.73 Å². The lowest BCUT2D eigenvalue weighted by Crippen LogP contribution is -2.59. The van der Waals surface area contributed by atoms with Crippen molar-refractivity contribution in [1.82, 2.24) is 0 Å². The van der Waals surface area contributed by atoms with Crippen molar-refractivity contribution in [2.75, 3.05) is 5.73 Å². The minimum atomic E-state index is -6.91. The summed E-state index contributed by atoms with van der Waals surface area (Å²) in [6.07, 6.45) is -6.83. The van der Waals surface area contributed by atoms with Crippen LogP contribution in [0.25, 0.3) is 0 Å². The summed E-state index contributed by atoms with van der Waals surface area (Å²) in [5.74, 6) is -19.3. The molecular formula is C10H6F9N. The highest BCUT2D eigenvalue weighted by molar-refractivity contribution is 5.43. The van der Waals surface area contributed by atoms with E-state index < -0.39 is 35.2 Å². The van der Waals surface area contributed by atoms with Crippen LogP contribution in [0.3, 0.4) is 0 Å². The van der Waals surface area contributed by atoms with E-state index in [-0.39, 0.29) is 12.1 Å². The fourth-order valence-electron chi connectivity index (χ4n) is 1.29. The van der Waals surface area contributed by atoms with Gasteiger partial charge in [-0.25, -0.2) is 0 Å². The van der Waals surface area contributed by atoms with Gasteiger partial charge >= 0.3 is 23.9 Å². The highest BCUT2D eigenvalue weighted by Gasteiger charge is 2.81. The van der Waals surface area contributed by atoms with Gasteiger partial charge in [0.2, 0.25) is 0 Å². The van der Waals surface area contributed by atoms with E-state index in [9.17, 15) is 39.5 Å². The summed E-state index contributed by atoms with van der Waals surface area (Å²) >= 11 is 0. The van der Waals surface area contributed by atoms with Gasteiger partial charge in [0.25, 0.3) is 0 Å². The van der Waals surface area contributed by atoms with Crippen molar-refractivity contribution in [3.63, 3.8) is 0 Å². The second-order valence-corrected chi connectivity index (χ2v) is 3.85. The molecule has 0 aliphatic carbocycles. The van der Waals surface area contributed by atoms with Gasteiger partial charge in [-0.05, 0) is 12.1 Å². The van der Waals surface area contributed by atoms with Gasteiger partial charge in [0.15, 0.2) is 0 Å². The Kier molecular flexibility index (Phi) is 3.66. The predicted octanol–water partition coefficient (Wildman–Crippen LogP) is 4.19. The van der Waals surface area contributed by atoms with Crippen LogP contribution >= 0.6 is 0 Å². The number of anilines is 1. The lowest BCUT2D eigenvalue weighted by Gasteiger charge is -2.33. The number of hydrogen-bond acceptors (Lipinski definition) is 1. The quantitative estimate of drug-likeness (QED) is 0.657. The summed E-state index contributed by atoms with van der Waals surface area (Å²) in [6.45, 7) is 0. The third kappa shape index (κ3) is 2.27. The van der Waals surface area contributed by atoms with Gasteiger partial charge in [0.1, 0.15) is 0 Å². The van der Waals surface area contributed by atoms with Crippen LogP contribution in [0, 0.1) is 0 Å². The molecule has 0 amide bonds. The van der Waals surface area contributed by atoms with Crippen molar-refractivity contribution < 1.29 is 39.5 Å². The second-order valence-electron chi connectivity index (χ2n) is 3.85. The molecule has 0 aliphatic heterocycles. The molecule has 2 N–H and O–H groups in total. The fourth-order valence-corrected chi connectivity index (χ4v) is 1.29. The first-order valence-corrected chi connectivity index (χ1v) is 4.81. The van der Waals surface area contributed by atoms with E-state index >= 15 is 0 Å². The zero-order valence-electron chi connectivity index (χ0n) is 9.29.